The minimum absolute atomic E-state index is 0.120. The molecule has 2 heterocycles. The summed E-state index contributed by atoms with van der Waals surface area (Å²) in [5, 5.41) is 6.42. The number of hydrogen-bond acceptors (Lipinski definition) is 7. The molecule has 1 aliphatic carbocycles. The molecule has 3 aromatic rings. The van der Waals surface area contributed by atoms with Crippen LogP contribution in [0.15, 0.2) is 64.1 Å². The highest BCUT2D eigenvalue weighted by Crippen LogP contribution is 2.31. The minimum atomic E-state index is -2.61. The summed E-state index contributed by atoms with van der Waals surface area (Å²) in [6.45, 7) is 4.02. The Hall–Kier alpha value is -2.75. The van der Waals surface area contributed by atoms with Gasteiger partial charge in [0.2, 0.25) is 10.9 Å². The molecule has 0 amide bonds. The number of aryl methyl sites for hydroxylation is 2. The predicted octanol–water partition coefficient (Wildman–Crippen LogP) is 4.33. The van der Waals surface area contributed by atoms with Crippen LogP contribution in [0.25, 0.3) is 11.3 Å². The molecule has 4 rings (SSSR count). The summed E-state index contributed by atoms with van der Waals surface area (Å²) in [5.41, 5.74) is 4.16. The number of aromatic nitrogens is 2. The predicted molar refractivity (Wildman–Crippen MR) is 124 cm³/mol. The molecule has 0 bridgehead atoms. The van der Waals surface area contributed by atoms with Gasteiger partial charge < -0.3 is 9.73 Å². The molecule has 162 valence electrons. The van der Waals surface area contributed by atoms with Crippen LogP contribution in [0.5, 0.6) is 0 Å². The lowest BCUT2D eigenvalue weighted by Crippen LogP contribution is -2.26. The van der Waals surface area contributed by atoms with Gasteiger partial charge >= 0.3 is 0 Å². The molecule has 0 spiro atoms. The second kappa shape index (κ2) is 9.59. The van der Waals surface area contributed by atoms with Crippen LogP contribution < -0.4 is 10.0 Å². The fourth-order valence-electron chi connectivity index (χ4n) is 3.52. The first-order valence-corrected chi connectivity index (χ1v) is 12.0. The molecule has 0 fully saturated rings. The van der Waals surface area contributed by atoms with Gasteiger partial charge in [0.1, 0.15) is 0 Å². The highest BCUT2D eigenvalue weighted by atomic mass is 32.2. The van der Waals surface area contributed by atoms with Crippen LogP contribution in [0.3, 0.4) is 0 Å². The van der Waals surface area contributed by atoms with Crippen molar-refractivity contribution in [1.82, 2.24) is 14.7 Å². The highest BCUT2D eigenvalue weighted by molar-refractivity contribution is 7.70. The number of allylic oxidation sites excluding steroid dienone is 1. The first kappa shape index (κ1) is 21.5. The number of anilines is 1. The molecule has 0 saturated carbocycles. The van der Waals surface area contributed by atoms with E-state index in [9.17, 15) is 8.42 Å². The lowest BCUT2D eigenvalue weighted by atomic mass is 9.97. The molecular formula is C22H24N4O3S2. The topological polar surface area (TPSA) is 97.1 Å². The Morgan fingerprint density at radius 2 is 2.13 bits per heavy atom. The number of thiol groups is 1. The number of nitrogens with zero attached hydrogens (tertiary/aromatic N) is 2. The number of nitrogens with one attached hydrogen (secondary N) is 2. The van der Waals surface area contributed by atoms with Gasteiger partial charge in [-0.3, -0.25) is 0 Å². The van der Waals surface area contributed by atoms with E-state index in [1.54, 1.807) is 17.5 Å². The second-order valence-corrected chi connectivity index (χ2v) is 9.24. The highest BCUT2D eigenvalue weighted by Gasteiger charge is 2.20. The Morgan fingerprint density at radius 3 is 2.81 bits per heavy atom. The van der Waals surface area contributed by atoms with Crippen molar-refractivity contribution in [2.75, 3.05) is 5.32 Å². The van der Waals surface area contributed by atoms with Crippen molar-refractivity contribution in [2.24, 2.45) is 0 Å². The van der Waals surface area contributed by atoms with Crippen molar-refractivity contribution in [3.63, 3.8) is 0 Å². The van der Waals surface area contributed by atoms with Crippen molar-refractivity contribution in [3.8, 4) is 11.3 Å². The van der Waals surface area contributed by atoms with E-state index < -0.39 is 10.9 Å². The number of hydrogen-bond donors (Lipinski definition) is 3. The summed E-state index contributed by atoms with van der Waals surface area (Å²) in [5.74, 6) is 0.714. The smallest absolute Gasteiger partial charge is 0.295 e. The lowest BCUT2D eigenvalue weighted by Gasteiger charge is -2.19. The summed E-state index contributed by atoms with van der Waals surface area (Å²) in [7, 11) is -2.61. The molecule has 1 unspecified atom stereocenters. The van der Waals surface area contributed by atoms with E-state index in [1.807, 2.05) is 55.6 Å². The SMILES string of the molecule is Cc1nc([C@H](CC2=CCC(N[SH](=O)=O)C=C2)Nc2ncc(-c3ccccc3C)o2)cs1. The third-order valence-electron chi connectivity index (χ3n) is 5.10. The fourth-order valence-corrected chi connectivity index (χ4v) is 4.65. The maximum absolute atomic E-state index is 10.9. The zero-order valence-electron chi connectivity index (χ0n) is 17.2. The molecule has 1 aromatic carbocycles. The Balaban J connectivity index is 1.51. The molecule has 0 saturated heterocycles. The van der Waals surface area contributed by atoms with Crippen molar-refractivity contribution < 1.29 is 12.8 Å². The zero-order valence-corrected chi connectivity index (χ0v) is 19.0. The molecule has 2 aromatic heterocycles. The van der Waals surface area contributed by atoms with Gasteiger partial charge in [-0.15, -0.1) is 11.3 Å². The Kier molecular flexibility index (Phi) is 6.64. The van der Waals surface area contributed by atoms with Crippen LogP contribution >= 0.6 is 11.3 Å². The molecule has 0 aliphatic heterocycles. The zero-order chi connectivity index (χ0) is 21.8. The summed E-state index contributed by atoms with van der Waals surface area (Å²) >= 11 is 1.60. The molecule has 0 radical (unpaired) electrons. The molecule has 2 atom stereocenters. The first-order chi connectivity index (χ1) is 15.0. The van der Waals surface area contributed by atoms with E-state index in [2.05, 4.69) is 26.1 Å². The number of thiazole rings is 1. The average Bonchev–Trinajstić information content (AvgIpc) is 3.38. The van der Waals surface area contributed by atoms with Gasteiger partial charge in [-0.25, -0.2) is 23.1 Å². The largest absolute Gasteiger partial charge is 0.424 e. The maximum Gasteiger partial charge on any atom is 0.295 e. The fraction of sp³-hybridized carbons (Fsp3) is 0.273. The summed E-state index contributed by atoms with van der Waals surface area (Å²) in [6.07, 6.45) is 8.92. The number of benzene rings is 1. The van der Waals surface area contributed by atoms with Crippen LogP contribution in [-0.4, -0.2) is 24.4 Å². The van der Waals surface area contributed by atoms with Crippen molar-refractivity contribution in [3.05, 3.63) is 75.9 Å². The van der Waals surface area contributed by atoms with Crippen LogP contribution in [0.1, 0.15) is 35.1 Å². The van der Waals surface area contributed by atoms with E-state index in [0.717, 1.165) is 27.4 Å². The molecular weight excluding hydrogens is 432 g/mol. The summed E-state index contributed by atoms with van der Waals surface area (Å²) in [4.78, 5) is 9.08. The van der Waals surface area contributed by atoms with Gasteiger partial charge in [-0.05, 0) is 37.8 Å². The quantitative estimate of drug-likeness (QED) is 0.437. The van der Waals surface area contributed by atoms with Gasteiger partial charge in [0.05, 0.1) is 22.9 Å². The summed E-state index contributed by atoms with van der Waals surface area (Å²) in [6, 6.07) is 8.16. The Labute approximate surface area is 187 Å². The maximum atomic E-state index is 10.9. The molecule has 7 nitrogen and oxygen atoms in total. The van der Waals surface area contributed by atoms with E-state index in [4.69, 9.17) is 4.42 Å². The van der Waals surface area contributed by atoms with Gasteiger partial charge in [-0.2, -0.15) is 0 Å². The van der Waals surface area contributed by atoms with E-state index >= 15 is 0 Å². The number of oxazole rings is 1. The molecule has 31 heavy (non-hydrogen) atoms. The van der Waals surface area contributed by atoms with Crippen LogP contribution in [-0.2, 0) is 10.9 Å². The Bertz CT molecular complexity index is 1180. The molecule has 1 aliphatic rings. The summed E-state index contributed by atoms with van der Waals surface area (Å²) < 4.78 is 30.3. The Morgan fingerprint density at radius 1 is 1.29 bits per heavy atom. The normalized spacial score (nSPS) is 17.0. The van der Waals surface area contributed by atoms with Crippen LogP contribution in [0, 0.1) is 13.8 Å². The van der Waals surface area contributed by atoms with Crippen LogP contribution in [0.2, 0.25) is 0 Å². The van der Waals surface area contributed by atoms with Gasteiger partial charge in [0.15, 0.2) is 5.76 Å². The third kappa shape index (κ3) is 5.49. The lowest BCUT2D eigenvalue weighted by molar-refractivity contribution is 0.567. The molecule has 9 heteroatoms. The van der Waals surface area contributed by atoms with Gasteiger partial charge in [0, 0.05) is 17.0 Å². The average molecular weight is 457 g/mol. The van der Waals surface area contributed by atoms with Crippen molar-refractivity contribution in [1.29, 1.82) is 0 Å². The van der Waals surface area contributed by atoms with Gasteiger partial charge in [0.25, 0.3) is 6.01 Å². The van der Waals surface area contributed by atoms with Gasteiger partial charge in [-0.1, -0.05) is 42.5 Å². The van der Waals surface area contributed by atoms with E-state index in [-0.39, 0.29) is 12.1 Å². The van der Waals surface area contributed by atoms with Crippen LogP contribution in [0.4, 0.5) is 6.01 Å². The standard InChI is InChI=1S/C22H24N4O3S2/c1-14-5-3-4-6-18(14)21-12-23-22(29-21)25-19(20-13-30-15(2)24-20)11-16-7-9-17(10-8-16)26-31(27)28/h3-9,12-13,17,19,31H,10-11H2,1-2H3,(H,23,25)(H,26,27,28)/t17?,19-/m0/s1. The first-order valence-electron chi connectivity index (χ1n) is 9.96. The van der Waals surface area contributed by atoms with E-state index in [0.29, 0.717) is 24.6 Å². The number of rotatable bonds is 8. The molecule has 2 N–H and O–H groups in total. The van der Waals surface area contributed by atoms with Crippen molar-refractivity contribution in [2.45, 2.75) is 38.8 Å². The second-order valence-electron chi connectivity index (χ2n) is 7.40. The van der Waals surface area contributed by atoms with E-state index in [1.165, 1.54) is 0 Å². The minimum Gasteiger partial charge on any atom is -0.424 e. The monoisotopic (exact) mass is 456 g/mol. The van der Waals surface area contributed by atoms with Crippen molar-refractivity contribution >= 4 is 28.2 Å². The third-order valence-corrected chi connectivity index (χ3v) is 6.43.